The van der Waals surface area contributed by atoms with Crippen molar-refractivity contribution in [3.05, 3.63) is 71.0 Å². The fraction of sp³-hybridized carbons (Fsp3) is 0.304. The number of carbonyl (C=O) groups excluding carboxylic acids is 1. The van der Waals surface area contributed by atoms with Crippen molar-refractivity contribution in [2.24, 2.45) is 0 Å². The van der Waals surface area contributed by atoms with Crippen molar-refractivity contribution in [3.8, 4) is 11.1 Å². The van der Waals surface area contributed by atoms with Crippen LogP contribution in [0.15, 0.2) is 59.6 Å². The first-order valence-corrected chi connectivity index (χ1v) is 11.3. The third-order valence-electron chi connectivity index (χ3n) is 5.20. The van der Waals surface area contributed by atoms with Gasteiger partial charge >= 0.3 is 5.97 Å². The first-order chi connectivity index (χ1) is 14.6. The highest BCUT2D eigenvalue weighted by atomic mass is 35.5. The fourth-order valence-corrected chi connectivity index (χ4v) is 4.62. The third-order valence-corrected chi connectivity index (χ3v) is 6.36. The van der Waals surface area contributed by atoms with Crippen LogP contribution in [0.3, 0.4) is 0 Å². The summed E-state index contributed by atoms with van der Waals surface area (Å²) in [6, 6.07) is 16.6. The van der Waals surface area contributed by atoms with E-state index in [0.717, 1.165) is 46.0 Å². The molecule has 1 N–H and O–H groups in total. The maximum Gasteiger partial charge on any atom is 0.327 e. The highest BCUT2D eigenvalue weighted by Gasteiger charge is 2.25. The van der Waals surface area contributed by atoms with Gasteiger partial charge in [-0.15, -0.1) is 0 Å². The Morgan fingerprint density at radius 3 is 2.60 bits per heavy atom. The van der Waals surface area contributed by atoms with Gasteiger partial charge in [-0.3, -0.25) is 14.2 Å². The molecule has 156 valence electrons. The molecule has 3 aromatic rings. The van der Waals surface area contributed by atoms with Crippen molar-refractivity contribution >= 4 is 29.5 Å². The van der Waals surface area contributed by atoms with Crippen LogP contribution in [-0.2, 0) is 22.5 Å². The molecule has 1 heterocycles. The number of hydrogen-bond donors (Lipinski definition) is 1. The monoisotopic (exact) mass is 441 g/mol. The van der Waals surface area contributed by atoms with Gasteiger partial charge in [-0.05, 0) is 73.5 Å². The first kappa shape index (κ1) is 21.0. The van der Waals surface area contributed by atoms with Crippen LogP contribution in [0.25, 0.3) is 11.1 Å². The lowest BCUT2D eigenvalue weighted by molar-refractivity contribution is -0.144. The second kappa shape index (κ2) is 9.69. The predicted molar refractivity (Wildman–Crippen MR) is 120 cm³/mol. The van der Waals surface area contributed by atoms with Crippen LogP contribution >= 0.6 is 23.5 Å². The van der Waals surface area contributed by atoms with Crippen LogP contribution in [0, 0.1) is 0 Å². The minimum absolute atomic E-state index is 0.176. The van der Waals surface area contributed by atoms with Gasteiger partial charge in [-0.25, -0.2) is 0 Å². The normalized spacial score (nSPS) is 15.6. The van der Waals surface area contributed by atoms with Crippen LogP contribution in [0.5, 0.6) is 0 Å². The molecule has 2 aromatic carbocycles. The standard InChI is InChI=1S/C23H24ClN3O2S/c1-2-29-23(28)15-27-22-5-3-4-21(20(22)14-25-27)26-30-19-12-8-17(9-13-19)16-6-10-18(24)11-7-16/h6-14,21,26H,2-5,15H2,1H3. The summed E-state index contributed by atoms with van der Waals surface area (Å²) in [5.74, 6) is -0.242. The van der Waals surface area contributed by atoms with Gasteiger partial charge in [0.05, 0.1) is 12.8 Å². The van der Waals surface area contributed by atoms with E-state index in [4.69, 9.17) is 16.3 Å². The SMILES string of the molecule is CCOC(=O)Cn1ncc2c1CCCC2NSc1ccc(-c2ccc(Cl)cc2)cc1. The number of esters is 1. The van der Waals surface area contributed by atoms with Gasteiger partial charge in [0.2, 0.25) is 0 Å². The molecule has 0 bridgehead atoms. The fourth-order valence-electron chi connectivity index (χ4n) is 3.70. The molecule has 1 aromatic heterocycles. The van der Waals surface area contributed by atoms with Gasteiger partial charge in [0.25, 0.3) is 0 Å². The van der Waals surface area contributed by atoms with Crippen molar-refractivity contribution in [1.29, 1.82) is 0 Å². The van der Waals surface area contributed by atoms with Gasteiger partial charge in [-0.1, -0.05) is 35.9 Å². The van der Waals surface area contributed by atoms with Crippen LogP contribution < -0.4 is 4.72 Å². The molecule has 0 amide bonds. The Hall–Kier alpha value is -2.28. The Labute approximate surface area is 185 Å². The molecule has 30 heavy (non-hydrogen) atoms. The molecule has 1 aliphatic carbocycles. The average molecular weight is 442 g/mol. The van der Waals surface area contributed by atoms with Gasteiger partial charge in [0.15, 0.2) is 0 Å². The van der Waals surface area contributed by atoms with Crippen molar-refractivity contribution in [1.82, 2.24) is 14.5 Å². The number of carbonyl (C=O) groups is 1. The van der Waals surface area contributed by atoms with Gasteiger partial charge in [0.1, 0.15) is 6.54 Å². The lowest BCUT2D eigenvalue weighted by Crippen LogP contribution is -2.22. The van der Waals surface area contributed by atoms with E-state index in [0.29, 0.717) is 6.61 Å². The zero-order chi connectivity index (χ0) is 20.9. The molecule has 5 nitrogen and oxygen atoms in total. The largest absolute Gasteiger partial charge is 0.465 e. The molecule has 1 atom stereocenters. The summed E-state index contributed by atoms with van der Waals surface area (Å²) in [7, 11) is 0. The molecular formula is C23H24ClN3O2S. The van der Waals surface area contributed by atoms with Gasteiger partial charge in [-0.2, -0.15) is 5.10 Å². The minimum Gasteiger partial charge on any atom is -0.465 e. The topological polar surface area (TPSA) is 56.2 Å². The zero-order valence-corrected chi connectivity index (χ0v) is 18.4. The number of nitrogens with zero attached hydrogens (tertiary/aromatic N) is 2. The lowest BCUT2D eigenvalue weighted by atomic mass is 9.94. The zero-order valence-electron chi connectivity index (χ0n) is 16.8. The Morgan fingerprint density at radius 1 is 1.20 bits per heavy atom. The number of benzene rings is 2. The molecule has 0 radical (unpaired) electrons. The van der Waals surface area contributed by atoms with Crippen molar-refractivity contribution in [2.45, 2.75) is 43.7 Å². The van der Waals surface area contributed by atoms with E-state index < -0.39 is 0 Å². The molecular weight excluding hydrogens is 418 g/mol. The number of fused-ring (bicyclic) bond motifs is 1. The first-order valence-electron chi connectivity index (χ1n) is 10.1. The molecule has 1 unspecified atom stereocenters. The summed E-state index contributed by atoms with van der Waals surface area (Å²) in [5.41, 5.74) is 4.62. The number of rotatable bonds is 7. The molecule has 4 rings (SSSR count). The van der Waals surface area contributed by atoms with Crippen molar-refractivity contribution < 1.29 is 9.53 Å². The van der Waals surface area contributed by atoms with Crippen molar-refractivity contribution in [2.75, 3.05) is 6.61 Å². The number of halogens is 1. The Morgan fingerprint density at radius 2 is 1.90 bits per heavy atom. The molecule has 0 aliphatic heterocycles. The van der Waals surface area contributed by atoms with Gasteiger partial charge in [0, 0.05) is 27.2 Å². The molecule has 0 saturated carbocycles. The minimum atomic E-state index is -0.242. The highest BCUT2D eigenvalue weighted by molar-refractivity contribution is 7.97. The van der Waals surface area contributed by atoms with Crippen LogP contribution in [0.1, 0.15) is 37.1 Å². The summed E-state index contributed by atoms with van der Waals surface area (Å²) >= 11 is 7.60. The highest BCUT2D eigenvalue weighted by Crippen LogP contribution is 2.33. The Balaban J connectivity index is 1.40. The van der Waals surface area contributed by atoms with Crippen LogP contribution in [0.4, 0.5) is 0 Å². The van der Waals surface area contributed by atoms with E-state index in [9.17, 15) is 4.79 Å². The number of ether oxygens (including phenoxy) is 1. The summed E-state index contributed by atoms with van der Waals surface area (Å²) < 4.78 is 10.4. The van der Waals surface area contributed by atoms with E-state index in [-0.39, 0.29) is 18.6 Å². The quantitative estimate of drug-likeness (QED) is 0.390. The number of hydrogen-bond acceptors (Lipinski definition) is 5. The lowest BCUT2D eigenvalue weighted by Gasteiger charge is -2.23. The summed E-state index contributed by atoms with van der Waals surface area (Å²) in [5, 5.41) is 5.18. The molecule has 7 heteroatoms. The maximum absolute atomic E-state index is 11.8. The van der Waals surface area contributed by atoms with E-state index in [1.54, 1.807) is 16.6 Å². The molecule has 0 spiro atoms. The molecule has 1 aliphatic rings. The average Bonchev–Trinajstić information content (AvgIpc) is 3.17. The number of nitrogens with one attached hydrogen (secondary N) is 1. The van der Waals surface area contributed by atoms with Crippen LogP contribution in [0.2, 0.25) is 5.02 Å². The predicted octanol–water partition coefficient (Wildman–Crippen LogP) is 5.44. The van der Waals surface area contributed by atoms with E-state index in [1.165, 1.54) is 5.56 Å². The van der Waals surface area contributed by atoms with Gasteiger partial charge < -0.3 is 4.74 Å². The smallest absolute Gasteiger partial charge is 0.327 e. The summed E-state index contributed by atoms with van der Waals surface area (Å²) in [4.78, 5) is 13.0. The third kappa shape index (κ3) is 4.89. The van der Waals surface area contributed by atoms with E-state index in [1.807, 2.05) is 37.4 Å². The second-order valence-electron chi connectivity index (χ2n) is 7.21. The summed E-state index contributed by atoms with van der Waals surface area (Å²) in [6.07, 6.45) is 4.94. The Kier molecular flexibility index (Phi) is 6.77. The Bertz CT molecular complexity index is 1000. The van der Waals surface area contributed by atoms with E-state index >= 15 is 0 Å². The maximum atomic E-state index is 11.8. The number of aromatic nitrogens is 2. The second-order valence-corrected chi connectivity index (χ2v) is 8.55. The van der Waals surface area contributed by atoms with Crippen LogP contribution in [-0.4, -0.2) is 22.4 Å². The molecule has 0 saturated heterocycles. The summed E-state index contributed by atoms with van der Waals surface area (Å²) in [6.45, 7) is 2.38. The van der Waals surface area contributed by atoms with Crippen molar-refractivity contribution in [3.63, 3.8) is 0 Å². The van der Waals surface area contributed by atoms with E-state index in [2.05, 4.69) is 34.1 Å². The molecule has 0 fully saturated rings.